The van der Waals surface area contributed by atoms with Crippen molar-refractivity contribution in [3.63, 3.8) is 0 Å². The standard InChI is InChI=1S/C21H23NO4/c1-3-17-7-5-6-8-19(17)26-15-20(23)22-18-12-9-16(10-13-18)11-14-21(24)25-4-2/h5-14H,3-4,15H2,1-2H3,(H,22,23)/b14-11+. The van der Waals surface area contributed by atoms with E-state index in [1.807, 2.05) is 31.2 Å². The van der Waals surface area contributed by atoms with Crippen LogP contribution < -0.4 is 10.1 Å². The summed E-state index contributed by atoms with van der Waals surface area (Å²) in [6.07, 6.45) is 3.88. The van der Waals surface area contributed by atoms with Crippen LogP contribution in [-0.2, 0) is 20.7 Å². The van der Waals surface area contributed by atoms with Crippen LogP contribution in [0.1, 0.15) is 25.0 Å². The Morgan fingerprint density at radius 1 is 1.04 bits per heavy atom. The molecular formula is C21H23NO4. The first-order chi connectivity index (χ1) is 12.6. The van der Waals surface area contributed by atoms with Crippen molar-refractivity contribution >= 4 is 23.6 Å². The number of carbonyl (C=O) groups is 2. The number of ether oxygens (including phenoxy) is 2. The fraction of sp³-hybridized carbons (Fsp3) is 0.238. The Labute approximate surface area is 153 Å². The van der Waals surface area contributed by atoms with Crippen molar-refractivity contribution in [2.75, 3.05) is 18.5 Å². The number of esters is 1. The van der Waals surface area contributed by atoms with E-state index in [-0.39, 0.29) is 18.5 Å². The van der Waals surface area contributed by atoms with E-state index in [1.165, 1.54) is 6.08 Å². The Morgan fingerprint density at radius 3 is 2.46 bits per heavy atom. The van der Waals surface area contributed by atoms with Gasteiger partial charge in [-0.2, -0.15) is 0 Å². The van der Waals surface area contributed by atoms with Gasteiger partial charge in [-0.25, -0.2) is 4.79 Å². The van der Waals surface area contributed by atoms with Gasteiger partial charge in [0.1, 0.15) is 5.75 Å². The predicted molar refractivity (Wildman–Crippen MR) is 102 cm³/mol. The van der Waals surface area contributed by atoms with Crippen molar-refractivity contribution in [3.05, 3.63) is 65.7 Å². The normalized spacial score (nSPS) is 10.5. The molecule has 0 bridgehead atoms. The van der Waals surface area contributed by atoms with Crippen LogP contribution in [0.4, 0.5) is 5.69 Å². The van der Waals surface area contributed by atoms with Crippen molar-refractivity contribution in [1.82, 2.24) is 0 Å². The van der Waals surface area contributed by atoms with Crippen LogP contribution in [-0.4, -0.2) is 25.1 Å². The number of amides is 1. The summed E-state index contributed by atoms with van der Waals surface area (Å²) in [7, 11) is 0. The number of hydrogen-bond acceptors (Lipinski definition) is 4. The molecule has 0 heterocycles. The van der Waals surface area contributed by atoms with Gasteiger partial charge < -0.3 is 14.8 Å². The van der Waals surface area contributed by atoms with Gasteiger partial charge in [-0.3, -0.25) is 4.79 Å². The lowest BCUT2D eigenvalue weighted by Crippen LogP contribution is -2.20. The van der Waals surface area contributed by atoms with Gasteiger partial charge >= 0.3 is 5.97 Å². The fourth-order valence-electron chi connectivity index (χ4n) is 2.31. The summed E-state index contributed by atoms with van der Waals surface area (Å²) in [5.74, 6) is 0.115. The molecule has 136 valence electrons. The zero-order valence-corrected chi connectivity index (χ0v) is 15.0. The molecule has 0 saturated carbocycles. The highest BCUT2D eigenvalue weighted by Gasteiger charge is 2.06. The monoisotopic (exact) mass is 353 g/mol. The predicted octanol–water partition coefficient (Wildman–Crippen LogP) is 3.84. The van der Waals surface area contributed by atoms with Crippen molar-refractivity contribution in [3.8, 4) is 5.75 Å². The fourth-order valence-corrected chi connectivity index (χ4v) is 2.31. The maximum Gasteiger partial charge on any atom is 0.330 e. The number of para-hydroxylation sites is 1. The lowest BCUT2D eigenvalue weighted by atomic mass is 10.1. The minimum atomic E-state index is -0.380. The maximum absolute atomic E-state index is 12.0. The highest BCUT2D eigenvalue weighted by Crippen LogP contribution is 2.18. The van der Waals surface area contributed by atoms with Crippen molar-refractivity contribution in [2.24, 2.45) is 0 Å². The van der Waals surface area contributed by atoms with Gasteiger partial charge in [-0.05, 0) is 48.7 Å². The highest BCUT2D eigenvalue weighted by molar-refractivity contribution is 5.92. The molecule has 2 aromatic rings. The topological polar surface area (TPSA) is 64.6 Å². The van der Waals surface area contributed by atoms with Crippen LogP contribution in [0.2, 0.25) is 0 Å². The van der Waals surface area contributed by atoms with Gasteiger partial charge in [0.05, 0.1) is 6.61 Å². The van der Waals surface area contributed by atoms with Crippen molar-refractivity contribution < 1.29 is 19.1 Å². The van der Waals surface area contributed by atoms with E-state index in [4.69, 9.17) is 9.47 Å². The summed E-state index contributed by atoms with van der Waals surface area (Å²) in [4.78, 5) is 23.3. The van der Waals surface area contributed by atoms with Gasteiger partial charge in [0, 0.05) is 11.8 Å². The Hall–Kier alpha value is -3.08. The second-order valence-corrected chi connectivity index (χ2v) is 5.51. The zero-order valence-electron chi connectivity index (χ0n) is 15.0. The summed E-state index contributed by atoms with van der Waals surface area (Å²) >= 11 is 0. The maximum atomic E-state index is 12.0. The van der Waals surface area contributed by atoms with Gasteiger partial charge in [-0.1, -0.05) is 37.3 Å². The summed E-state index contributed by atoms with van der Waals surface area (Å²) in [6.45, 7) is 4.09. The number of hydrogen-bond donors (Lipinski definition) is 1. The zero-order chi connectivity index (χ0) is 18.8. The van der Waals surface area contributed by atoms with E-state index < -0.39 is 0 Å². The third-order valence-electron chi connectivity index (χ3n) is 3.61. The summed E-state index contributed by atoms with van der Waals surface area (Å²) in [5.41, 5.74) is 2.57. The Kier molecular flexibility index (Phi) is 7.43. The molecule has 2 aromatic carbocycles. The second kappa shape index (κ2) is 10.0. The van der Waals surface area contributed by atoms with Crippen molar-refractivity contribution in [1.29, 1.82) is 0 Å². The largest absolute Gasteiger partial charge is 0.483 e. The molecule has 0 aromatic heterocycles. The first-order valence-corrected chi connectivity index (χ1v) is 8.57. The minimum Gasteiger partial charge on any atom is -0.483 e. The number of anilines is 1. The molecule has 1 N–H and O–H groups in total. The molecule has 0 aliphatic carbocycles. The SMILES string of the molecule is CCOC(=O)/C=C/c1ccc(NC(=O)COc2ccccc2CC)cc1. The Balaban J connectivity index is 1.86. The molecule has 0 atom stereocenters. The second-order valence-electron chi connectivity index (χ2n) is 5.51. The van der Waals surface area contributed by atoms with Gasteiger partial charge in [0.15, 0.2) is 6.61 Å². The van der Waals surface area contributed by atoms with Crippen LogP contribution in [0.25, 0.3) is 6.08 Å². The molecular weight excluding hydrogens is 330 g/mol. The van der Waals surface area contributed by atoms with E-state index in [2.05, 4.69) is 5.32 Å². The molecule has 2 rings (SSSR count). The first-order valence-electron chi connectivity index (χ1n) is 8.57. The molecule has 5 nitrogen and oxygen atoms in total. The lowest BCUT2D eigenvalue weighted by molar-refractivity contribution is -0.137. The van der Waals surface area contributed by atoms with Gasteiger partial charge in [0.2, 0.25) is 0 Å². The average Bonchev–Trinajstić information content (AvgIpc) is 2.66. The molecule has 0 aliphatic rings. The lowest BCUT2D eigenvalue weighted by Gasteiger charge is -2.10. The molecule has 0 spiro atoms. The van der Waals surface area contributed by atoms with Crippen LogP contribution >= 0.6 is 0 Å². The van der Waals surface area contributed by atoms with E-state index in [0.717, 1.165) is 23.3 Å². The molecule has 0 unspecified atom stereocenters. The average molecular weight is 353 g/mol. The van der Waals surface area contributed by atoms with Crippen LogP contribution in [0, 0.1) is 0 Å². The summed E-state index contributed by atoms with van der Waals surface area (Å²) in [5, 5.41) is 2.78. The van der Waals surface area contributed by atoms with E-state index in [0.29, 0.717) is 12.3 Å². The number of rotatable bonds is 8. The highest BCUT2D eigenvalue weighted by atomic mass is 16.5. The first kappa shape index (κ1) is 19.2. The third kappa shape index (κ3) is 6.09. The minimum absolute atomic E-state index is 0.0540. The number of nitrogens with one attached hydrogen (secondary N) is 1. The van der Waals surface area contributed by atoms with Crippen molar-refractivity contribution in [2.45, 2.75) is 20.3 Å². The molecule has 0 aliphatic heterocycles. The molecule has 1 amide bonds. The molecule has 0 radical (unpaired) electrons. The van der Waals surface area contributed by atoms with E-state index in [9.17, 15) is 9.59 Å². The molecule has 5 heteroatoms. The van der Waals surface area contributed by atoms with Gasteiger partial charge in [0.25, 0.3) is 5.91 Å². The quantitative estimate of drug-likeness (QED) is 0.578. The third-order valence-corrected chi connectivity index (χ3v) is 3.61. The van der Waals surface area contributed by atoms with Crippen LogP contribution in [0.3, 0.4) is 0 Å². The molecule has 26 heavy (non-hydrogen) atoms. The summed E-state index contributed by atoms with van der Waals surface area (Å²) in [6, 6.07) is 14.8. The number of carbonyl (C=O) groups excluding carboxylic acids is 2. The smallest absolute Gasteiger partial charge is 0.330 e. The van der Waals surface area contributed by atoms with E-state index >= 15 is 0 Å². The molecule has 0 saturated heterocycles. The van der Waals surface area contributed by atoms with Crippen LogP contribution in [0.15, 0.2) is 54.6 Å². The summed E-state index contributed by atoms with van der Waals surface area (Å²) < 4.78 is 10.4. The Morgan fingerprint density at radius 2 is 1.77 bits per heavy atom. The number of aryl methyl sites for hydroxylation is 1. The van der Waals surface area contributed by atoms with Crippen LogP contribution in [0.5, 0.6) is 5.75 Å². The Bertz CT molecular complexity index is 766. The number of benzene rings is 2. The molecule has 0 fully saturated rings. The van der Waals surface area contributed by atoms with E-state index in [1.54, 1.807) is 37.3 Å². The van der Waals surface area contributed by atoms with Gasteiger partial charge in [-0.15, -0.1) is 0 Å².